The molecule has 2 radical (unpaired) electrons. The molecule has 0 aromatic carbocycles. The maximum atomic E-state index is 2.55. The van der Waals surface area contributed by atoms with E-state index >= 15 is 0 Å². The summed E-state index contributed by atoms with van der Waals surface area (Å²) in [5.41, 5.74) is 0. The summed E-state index contributed by atoms with van der Waals surface area (Å²) in [5, 5.41) is 0. The zero-order valence-corrected chi connectivity index (χ0v) is 8.47. The van der Waals surface area contributed by atoms with Crippen LogP contribution in [0.15, 0.2) is 0 Å². The molecule has 0 bridgehead atoms. The summed E-state index contributed by atoms with van der Waals surface area (Å²) in [5.74, 6) is 0. The van der Waals surface area contributed by atoms with E-state index in [-0.39, 0.29) is 17.2 Å². The van der Waals surface area contributed by atoms with Crippen molar-refractivity contribution in [3.05, 3.63) is 0 Å². The van der Waals surface area contributed by atoms with E-state index in [4.69, 9.17) is 0 Å². The van der Waals surface area contributed by atoms with Gasteiger partial charge in [-0.2, -0.15) is 0 Å². The Hall–Kier alpha value is 1.53. The second-order valence-electron chi connectivity index (χ2n) is 1.26. The maximum absolute atomic E-state index is 2.55. The van der Waals surface area contributed by atoms with Crippen molar-refractivity contribution in [2.45, 2.75) is 17.8 Å². The van der Waals surface area contributed by atoms with Crippen molar-refractivity contribution in [3.8, 4) is 0 Å². The van der Waals surface area contributed by atoms with E-state index in [1.54, 1.807) is 0 Å². The van der Waals surface area contributed by atoms with Crippen molar-refractivity contribution in [3.63, 3.8) is 0 Å². The number of halogens is 1. The van der Waals surface area contributed by atoms with Crippen LogP contribution in [0.1, 0.15) is 13.8 Å². The molecule has 0 aliphatic heterocycles. The Morgan fingerprint density at radius 3 is 1.80 bits per heavy atom. The van der Waals surface area contributed by atoms with Gasteiger partial charge in [-0.15, -0.1) is 0 Å². The molecule has 0 N–H and O–H groups in total. The summed E-state index contributed by atoms with van der Waals surface area (Å²) >= 11 is 2.65. The van der Waals surface area contributed by atoms with Crippen LogP contribution in [0.5, 0.6) is 0 Å². The fourth-order valence-corrected chi connectivity index (χ4v) is 0. The van der Waals surface area contributed by atoms with Gasteiger partial charge in [0.15, 0.2) is 0 Å². The van der Waals surface area contributed by atoms with Gasteiger partial charge >= 0.3 is 53.6 Å². The van der Waals surface area contributed by atoms with E-state index in [0.717, 1.165) is 3.93 Å². The number of hydrogen-bond acceptors (Lipinski definition) is 0. The third-order valence-corrected chi connectivity index (χ3v) is 9.82. The van der Waals surface area contributed by atoms with Gasteiger partial charge in [0.25, 0.3) is 0 Å². The Labute approximate surface area is 53.1 Å². The van der Waals surface area contributed by atoms with Gasteiger partial charge in [-0.1, -0.05) is 0 Å². The standard InChI is InChI=1S/C3H7.HI.Sn/c1-3-2;;/h3H,1-2H3;1H;/q;;+1/p-1. The molecule has 0 nitrogen and oxygen atoms in total. The van der Waals surface area contributed by atoms with Gasteiger partial charge in [-0.25, -0.2) is 0 Å². The van der Waals surface area contributed by atoms with Crippen LogP contribution in [0.25, 0.3) is 0 Å². The van der Waals surface area contributed by atoms with Crippen molar-refractivity contribution < 1.29 is 0 Å². The topological polar surface area (TPSA) is 0 Å². The van der Waals surface area contributed by atoms with Crippen LogP contribution in [-0.2, 0) is 0 Å². The fourth-order valence-electron chi connectivity index (χ4n) is 0. The van der Waals surface area contributed by atoms with Gasteiger partial charge in [0.1, 0.15) is 0 Å². The summed E-state index contributed by atoms with van der Waals surface area (Å²) < 4.78 is 1.04. The molecule has 5 heavy (non-hydrogen) atoms. The van der Waals surface area contributed by atoms with Crippen molar-refractivity contribution in [2.24, 2.45) is 0 Å². The normalized spacial score (nSPS) is 9.60. The average molecular weight is 289 g/mol. The van der Waals surface area contributed by atoms with Gasteiger partial charge in [0.05, 0.1) is 0 Å². The molecule has 0 amide bonds. The molecule has 0 heterocycles. The van der Waals surface area contributed by atoms with Crippen LogP contribution in [0, 0.1) is 0 Å². The first kappa shape index (κ1) is 6.53. The average Bonchev–Trinajstić information content (AvgIpc) is 1.38. The van der Waals surface area contributed by atoms with E-state index in [1.807, 2.05) is 0 Å². The molecule has 2 heteroatoms. The quantitative estimate of drug-likeness (QED) is 0.510. The summed E-state index contributed by atoms with van der Waals surface area (Å²) in [4.78, 5) is 0. The molecule has 0 fully saturated rings. The molecule has 0 aromatic heterocycles. The van der Waals surface area contributed by atoms with Crippen LogP contribution in [0.3, 0.4) is 0 Å². The molecule has 0 aliphatic carbocycles. The Bertz CT molecular complexity index is 20.9. The van der Waals surface area contributed by atoms with E-state index < -0.39 is 0 Å². The van der Waals surface area contributed by atoms with Crippen molar-refractivity contribution >= 4 is 35.8 Å². The van der Waals surface area contributed by atoms with E-state index in [1.165, 1.54) is 0 Å². The van der Waals surface area contributed by atoms with E-state index in [9.17, 15) is 0 Å². The van der Waals surface area contributed by atoms with Crippen LogP contribution >= 0.6 is 18.6 Å². The Kier molecular flexibility index (Phi) is 4.84. The van der Waals surface area contributed by atoms with Crippen molar-refractivity contribution in [1.82, 2.24) is 0 Å². The molecule has 0 spiro atoms. The molecule has 0 aromatic rings. The predicted octanol–water partition coefficient (Wildman–Crippen LogP) is 1.87. The van der Waals surface area contributed by atoms with Crippen LogP contribution in [0.4, 0.5) is 0 Å². The van der Waals surface area contributed by atoms with Crippen LogP contribution < -0.4 is 0 Å². The molecular weight excluding hydrogens is 282 g/mol. The van der Waals surface area contributed by atoms with E-state index in [2.05, 4.69) is 32.5 Å². The zero-order chi connectivity index (χ0) is 4.28. The zero-order valence-electron chi connectivity index (χ0n) is 3.46. The van der Waals surface area contributed by atoms with Gasteiger partial charge in [0.2, 0.25) is 0 Å². The first-order valence-corrected chi connectivity index (χ1v) is 11.6. The molecule has 0 saturated carbocycles. The van der Waals surface area contributed by atoms with Gasteiger partial charge in [0, 0.05) is 0 Å². The van der Waals surface area contributed by atoms with Crippen LogP contribution in [-0.4, -0.2) is 17.2 Å². The van der Waals surface area contributed by atoms with Crippen LogP contribution in [0.2, 0.25) is 3.93 Å². The SMILES string of the molecule is C[CH](C)[Sn][I]. The van der Waals surface area contributed by atoms with Gasteiger partial charge in [-0.05, 0) is 0 Å². The number of rotatable bonds is 1. The molecule has 30 valence electrons. The molecule has 0 unspecified atom stereocenters. The Morgan fingerprint density at radius 1 is 1.60 bits per heavy atom. The Balaban J connectivity index is 2.54. The summed E-state index contributed by atoms with van der Waals surface area (Å²) in [6, 6.07) is 0. The Morgan fingerprint density at radius 2 is 1.80 bits per heavy atom. The molecule has 0 rings (SSSR count). The molecule has 0 atom stereocenters. The second kappa shape index (κ2) is 3.71. The molecule has 0 aliphatic rings. The van der Waals surface area contributed by atoms with Crippen molar-refractivity contribution in [2.75, 3.05) is 0 Å². The van der Waals surface area contributed by atoms with Gasteiger partial charge < -0.3 is 0 Å². The third-order valence-electron chi connectivity index (χ3n) is 0.218. The third kappa shape index (κ3) is 5.53. The minimum atomic E-state index is 0.104. The summed E-state index contributed by atoms with van der Waals surface area (Å²) in [6.07, 6.45) is 0. The minimum absolute atomic E-state index is 0.104. The fraction of sp³-hybridized carbons (Fsp3) is 1.00. The molecular formula is C3H7ISn. The summed E-state index contributed by atoms with van der Waals surface area (Å²) in [6.45, 7) is 4.58. The molecule has 0 saturated heterocycles. The monoisotopic (exact) mass is 290 g/mol. The predicted molar refractivity (Wildman–Crippen MR) is 34.9 cm³/mol. The van der Waals surface area contributed by atoms with Gasteiger partial charge in [-0.3, -0.25) is 0 Å². The first-order chi connectivity index (χ1) is 2.27. The van der Waals surface area contributed by atoms with E-state index in [0.29, 0.717) is 0 Å². The van der Waals surface area contributed by atoms with Crippen molar-refractivity contribution in [1.29, 1.82) is 0 Å². The summed E-state index contributed by atoms with van der Waals surface area (Å²) in [7, 11) is 0. The number of hydrogen-bond donors (Lipinski definition) is 0. The first-order valence-electron chi connectivity index (χ1n) is 1.63. The second-order valence-corrected chi connectivity index (χ2v) is 9.36.